The summed E-state index contributed by atoms with van der Waals surface area (Å²) in [6.07, 6.45) is 1.60. The van der Waals surface area contributed by atoms with E-state index in [1.165, 1.54) is 0 Å². The summed E-state index contributed by atoms with van der Waals surface area (Å²) in [5.74, 6) is -0.431. The van der Waals surface area contributed by atoms with Gasteiger partial charge in [0.2, 0.25) is 5.91 Å². The van der Waals surface area contributed by atoms with E-state index in [-0.39, 0.29) is 13.0 Å². The van der Waals surface area contributed by atoms with Crippen LogP contribution in [0.25, 0.3) is 10.8 Å². The number of carbonyl (C=O) groups excluding carboxylic acids is 2. The van der Waals surface area contributed by atoms with Gasteiger partial charge in [0, 0.05) is 18.0 Å². The number of amides is 2. The predicted molar refractivity (Wildman–Crippen MR) is 103 cm³/mol. The van der Waals surface area contributed by atoms with Crippen molar-refractivity contribution >= 4 is 22.8 Å². The molecule has 0 saturated heterocycles. The Morgan fingerprint density at radius 3 is 2.56 bits per heavy atom. The second-order valence-electron chi connectivity index (χ2n) is 6.18. The van der Waals surface area contributed by atoms with Gasteiger partial charge in [0.15, 0.2) is 0 Å². The number of fused-ring (bicyclic) bond motifs is 1. The molecule has 3 N–H and O–H groups in total. The Balaban J connectivity index is 1.76. The van der Waals surface area contributed by atoms with E-state index in [9.17, 15) is 9.59 Å². The number of aromatic nitrogens is 1. The average Bonchev–Trinajstić information content (AvgIpc) is 2.70. The number of nitrogens with two attached hydrogens (primary N) is 1. The van der Waals surface area contributed by atoms with Crippen LogP contribution in [0.15, 0.2) is 66.9 Å². The van der Waals surface area contributed by atoms with Crippen molar-refractivity contribution in [2.75, 3.05) is 0 Å². The highest BCUT2D eigenvalue weighted by atomic mass is 16.5. The first-order valence-electron chi connectivity index (χ1n) is 8.72. The number of rotatable bonds is 7. The van der Waals surface area contributed by atoms with Crippen molar-refractivity contribution in [3.05, 3.63) is 78.1 Å². The molecule has 1 heterocycles. The first-order chi connectivity index (χ1) is 13.1. The van der Waals surface area contributed by atoms with Gasteiger partial charge in [-0.25, -0.2) is 4.79 Å². The largest absolute Gasteiger partial charge is 0.445 e. The van der Waals surface area contributed by atoms with Gasteiger partial charge in [-0.3, -0.25) is 9.78 Å². The number of pyridine rings is 1. The lowest BCUT2D eigenvalue weighted by atomic mass is 10.0. The summed E-state index contributed by atoms with van der Waals surface area (Å²) in [4.78, 5) is 28.0. The fraction of sp³-hybridized carbons (Fsp3) is 0.190. The topological polar surface area (TPSA) is 94.3 Å². The molecule has 0 bridgehead atoms. The Kier molecular flexibility index (Phi) is 5.99. The van der Waals surface area contributed by atoms with E-state index in [2.05, 4.69) is 10.3 Å². The van der Waals surface area contributed by atoms with Gasteiger partial charge >= 0.3 is 6.09 Å². The minimum Gasteiger partial charge on any atom is -0.445 e. The van der Waals surface area contributed by atoms with Crippen LogP contribution in [0.3, 0.4) is 0 Å². The summed E-state index contributed by atoms with van der Waals surface area (Å²) in [6, 6.07) is 18.6. The summed E-state index contributed by atoms with van der Waals surface area (Å²) in [5.41, 5.74) is 6.87. The summed E-state index contributed by atoms with van der Waals surface area (Å²) < 4.78 is 5.30. The maximum atomic E-state index is 12.3. The number of benzene rings is 2. The van der Waals surface area contributed by atoms with Gasteiger partial charge in [0.1, 0.15) is 6.61 Å². The first kappa shape index (κ1) is 18.4. The second kappa shape index (κ2) is 8.80. The lowest BCUT2D eigenvalue weighted by molar-refractivity contribution is -0.118. The maximum Gasteiger partial charge on any atom is 0.408 e. The second-order valence-corrected chi connectivity index (χ2v) is 6.18. The minimum atomic E-state index is -0.567. The predicted octanol–water partition coefficient (Wildman–Crippen LogP) is 3.47. The molecule has 1 aromatic heterocycles. The quantitative estimate of drug-likeness (QED) is 0.672. The molecule has 0 aliphatic carbocycles. The molecule has 1 unspecified atom stereocenters. The molecule has 0 aliphatic heterocycles. The van der Waals surface area contributed by atoms with Gasteiger partial charge < -0.3 is 15.8 Å². The van der Waals surface area contributed by atoms with Crippen LogP contribution >= 0.6 is 0 Å². The molecule has 27 heavy (non-hydrogen) atoms. The molecule has 3 aromatic rings. The van der Waals surface area contributed by atoms with Crippen LogP contribution in [-0.4, -0.2) is 17.0 Å². The lowest BCUT2D eigenvalue weighted by Crippen LogP contribution is -2.30. The van der Waals surface area contributed by atoms with Crippen molar-refractivity contribution in [3.8, 4) is 0 Å². The number of hydrogen-bond donors (Lipinski definition) is 2. The Labute approximate surface area is 157 Å². The number of primary amides is 1. The standard InChI is InChI=1S/C21H21N3O3/c22-19(25)11-10-18(20-17-9-5-4-8-16(17)12-13-23-20)24-21(26)27-14-15-6-2-1-3-7-15/h1-9,12-13,18H,10-11,14H2,(H2,22,25)(H,24,26). The third kappa shape index (κ3) is 5.04. The molecular formula is C21H21N3O3. The van der Waals surface area contributed by atoms with E-state index in [0.717, 1.165) is 16.3 Å². The normalized spacial score (nSPS) is 11.7. The highest BCUT2D eigenvalue weighted by molar-refractivity contribution is 5.85. The van der Waals surface area contributed by atoms with Gasteiger partial charge in [-0.1, -0.05) is 54.6 Å². The van der Waals surface area contributed by atoms with Crippen LogP contribution in [-0.2, 0) is 16.1 Å². The molecule has 0 saturated carbocycles. The van der Waals surface area contributed by atoms with E-state index in [0.29, 0.717) is 12.1 Å². The van der Waals surface area contributed by atoms with Gasteiger partial charge in [-0.15, -0.1) is 0 Å². The van der Waals surface area contributed by atoms with E-state index in [1.54, 1.807) is 6.20 Å². The van der Waals surface area contributed by atoms with Crippen LogP contribution in [0.2, 0.25) is 0 Å². The lowest BCUT2D eigenvalue weighted by Gasteiger charge is -2.19. The number of carbonyl (C=O) groups is 2. The number of hydrogen-bond acceptors (Lipinski definition) is 4. The molecule has 3 rings (SSSR count). The number of nitrogens with one attached hydrogen (secondary N) is 1. The summed E-state index contributed by atoms with van der Waals surface area (Å²) >= 11 is 0. The van der Waals surface area contributed by atoms with Crippen molar-refractivity contribution in [2.45, 2.75) is 25.5 Å². The number of alkyl carbamates (subject to hydrolysis) is 1. The third-order valence-corrected chi connectivity index (χ3v) is 4.22. The summed E-state index contributed by atoms with van der Waals surface area (Å²) in [7, 11) is 0. The average molecular weight is 363 g/mol. The van der Waals surface area contributed by atoms with Crippen LogP contribution in [0.4, 0.5) is 4.79 Å². The molecule has 0 spiro atoms. The summed E-state index contributed by atoms with van der Waals surface area (Å²) in [5, 5.41) is 4.74. The Morgan fingerprint density at radius 2 is 1.78 bits per heavy atom. The van der Waals surface area contributed by atoms with E-state index < -0.39 is 18.0 Å². The van der Waals surface area contributed by atoms with Crippen molar-refractivity contribution in [3.63, 3.8) is 0 Å². The zero-order valence-electron chi connectivity index (χ0n) is 14.8. The Hall–Kier alpha value is -3.41. The van der Waals surface area contributed by atoms with Gasteiger partial charge in [-0.2, -0.15) is 0 Å². The molecule has 6 nitrogen and oxygen atoms in total. The van der Waals surface area contributed by atoms with E-state index >= 15 is 0 Å². The number of ether oxygens (including phenoxy) is 1. The van der Waals surface area contributed by atoms with Crippen LogP contribution < -0.4 is 11.1 Å². The third-order valence-electron chi connectivity index (χ3n) is 4.22. The van der Waals surface area contributed by atoms with E-state index in [4.69, 9.17) is 10.5 Å². The van der Waals surface area contributed by atoms with Crippen molar-refractivity contribution < 1.29 is 14.3 Å². The van der Waals surface area contributed by atoms with Crippen LogP contribution in [0.5, 0.6) is 0 Å². The summed E-state index contributed by atoms with van der Waals surface area (Å²) in [6.45, 7) is 0.165. The Bertz CT molecular complexity index is 923. The minimum absolute atomic E-state index is 0.133. The fourth-order valence-electron chi connectivity index (χ4n) is 2.89. The molecule has 6 heteroatoms. The molecule has 2 aromatic carbocycles. The van der Waals surface area contributed by atoms with Crippen molar-refractivity contribution in [1.82, 2.24) is 10.3 Å². The molecule has 1 atom stereocenters. The molecule has 0 aliphatic rings. The monoisotopic (exact) mass is 363 g/mol. The zero-order chi connectivity index (χ0) is 19.1. The smallest absolute Gasteiger partial charge is 0.408 e. The molecular weight excluding hydrogens is 342 g/mol. The highest BCUT2D eigenvalue weighted by Crippen LogP contribution is 2.25. The molecule has 138 valence electrons. The molecule has 0 fully saturated rings. The van der Waals surface area contributed by atoms with Crippen LogP contribution in [0.1, 0.15) is 30.1 Å². The SMILES string of the molecule is NC(=O)CCC(NC(=O)OCc1ccccc1)c1nccc2ccccc12. The van der Waals surface area contributed by atoms with Crippen molar-refractivity contribution in [1.29, 1.82) is 0 Å². The fourth-order valence-corrected chi connectivity index (χ4v) is 2.89. The Morgan fingerprint density at radius 1 is 1.04 bits per heavy atom. The first-order valence-corrected chi connectivity index (χ1v) is 8.72. The van der Waals surface area contributed by atoms with E-state index in [1.807, 2.05) is 60.7 Å². The zero-order valence-corrected chi connectivity index (χ0v) is 14.8. The molecule has 0 radical (unpaired) electrons. The number of nitrogens with zero attached hydrogens (tertiary/aromatic N) is 1. The molecule has 2 amide bonds. The van der Waals surface area contributed by atoms with Gasteiger partial charge in [0.05, 0.1) is 11.7 Å². The van der Waals surface area contributed by atoms with Crippen molar-refractivity contribution in [2.24, 2.45) is 5.73 Å². The maximum absolute atomic E-state index is 12.3. The van der Waals surface area contributed by atoms with Gasteiger partial charge in [-0.05, 0) is 23.4 Å². The van der Waals surface area contributed by atoms with Crippen LogP contribution in [0, 0.1) is 0 Å². The van der Waals surface area contributed by atoms with Gasteiger partial charge in [0.25, 0.3) is 0 Å². The highest BCUT2D eigenvalue weighted by Gasteiger charge is 2.20.